The molecule has 118 valence electrons. The number of aromatic amines is 2. The van der Waals surface area contributed by atoms with Gasteiger partial charge in [-0.15, -0.1) is 0 Å². The summed E-state index contributed by atoms with van der Waals surface area (Å²) in [6.07, 6.45) is 1.87. The molecule has 0 atom stereocenters. The zero-order chi connectivity index (χ0) is 16.5. The van der Waals surface area contributed by atoms with Gasteiger partial charge in [0.1, 0.15) is 0 Å². The van der Waals surface area contributed by atoms with Crippen LogP contribution < -0.4 is 10.9 Å². The molecular weight excluding hydrogens is 304 g/mol. The molecule has 0 fully saturated rings. The summed E-state index contributed by atoms with van der Waals surface area (Å²) >= 11 is 0. The van der Waals surface area contributed by atoms with Crippen molar-refractivity contribution in [3.05, 3.63) is 76.3 Å². The largest absolute Gasteiger partial charge is 0.361 e. The summed E-state index contributed by atoms with van der Waals surface area (Å²) < 4.78 is 0. The molecular formula is C18H14N4O2. The molecule has 2 aromatic heterocycles. The highest BCUT2D eigenvalue weighted by atomic mass is 16.2. The van der Waals surface area contributed by atoms with E-state index in [1.165, 1.54) is 0 Å². The molecule has 4 rings (SSSR count). The van der Waals surface area contributed by atoms with Crippen molar-refractivity contribution in [2.24, 2.45) is 0 Å². The van der Waals surface area contributed by atoms with Crippen molar-refractivity contribution >= 4 is 27.8 Å². The maximum absolute atomic E-state index is 12.3. The second kappa shape index (κ2) is 5.66. The summed E-state index contributed by atoms with van der Waals surface area (Å²) in [5.41, 5.74) is 2.51. The maximum Gasteiger partial charge on any atom is 0.280 e. The van der Waals surface area contributed by atoms with E-state index in [2.05, 4.69) is 20.3 Å². The Hall–Kier alpha value is -3.41. The van der Waals surface area contributed by atoms with Crippen LogP contribution in [0.15, 0.2) is 59.5 Å². The van der Waals surface area contributed by atoms with Gasteiger partial charge < -0.3 is 15.3 Å². The standard InChI is InChI=1S/C18H14N4O2/c23-17(16-18(24)22-14-4-2-1-3-13(14)21-16)20-10-11-5-6-12-7-8-19-15(12)9-11/h1-9,19H,10H2,(H,20,23)(H,22,24). The van der Waals surface area contributed by atoms with Gasteiger partial charge in [-0.2, -0.15) is 0 Å². The molecule has 1 amide bonds. The number of nitrogens with zero attached hydrogens (tertiary/aromatic N) is 1. The fourth-order valence-electron chi connectivity index (χ4n) is 2.65. The van der Waals surface area contributed by atoms with Gasteiger partial charge in [0, 0.05) is 18.3 Å². The van der Waals surface area contributed by atoms with Gasteiger partial charge in [0.05, 0.1) is 11.0 Å². The Labute approximate surface area is 136 Å². The number of H-pyrrole nitrogens is 2. The summed E-state index contributed by atoms with van der Waals surface area (Å²) in [4.78, 5) is 34.3. The fraction of sp³-hybridized carbons (Fsp3) is 0.0556. The number of fused-ring (bicyclic) bond motifs is 2. The second-order valence-corrected chi connectivity index (χ2v) is 5.51. The minimum absolute atomic E-state index is 0.130. The van der Waals surface area contributed by atoms with E-state index >= 15 is 0 Å². The van der Waals surface area contributed by atoms with Gasteiger partial charge in [-0.25, -0.2) is 4.98 Å². The molecule has 0 bridgehead atoms. The van der Waals surface area contributed by atoms with Crippen molar-refractivity contribution < 1.29 is 4.79 Å². The zero-order valence-corrected chi connectivity index (χ0v) is 12.7. The monoisotopic (exact) mass is 318 g/mol. The quantitative estimate of drug-likeness (QED) is 0.541. The van der Waals surface area contributed by atoms with E-state index in [0.29, 0.717) is 17.6 Å². The number of rotatable bonds is 3. The van der Waals surface area contributed by atoms with Gasteiger partial charge in [-0.1, -0.05) is 24.3 Å². The highest BCUT2D eigenvalue weighted by Gasteiger charge is 2.13. The van der Waals surface area contributed by atoms with Gasteiger partial charge in [-0.05, 0) is 35.2 Å². The first kappa shape index (κ1) is 14.2. The van der Waals surface area contributed by atoms with Crippen LogP contribution in [0.25, 0.3) is 21.9 Å². The summed E-state index contributed by atoms with van der Waals surface area (Å²) in [6.45, 7) is 0.321. The number of hydrogen-bond donors (Lipinski definition) is 3. The minimum atomic E-state index is -0.494. The third-order valence-electron chi connectivity index (χ3n) is 3.89. The number of hydrogen-bond acceptors (Lipinski definition) is 3. The van der Waals surface area contributed by atoms with E-state index in [1.54, 1.807) is 24.3 Å². The number of nitrogens with one attached hydrogen (secondary N) is 3. The number of aromatic nitrogens is 3. The molecule has 24 heavy (non-hydrogen) atoms. The van der Waals surface area contributed by atoms with Crippen LogP contribution in [0.5, 0.6) is 0 Å². The Morgan fingerprint density at radius 2 is 1.96 bits per heavy atom. The van der Waals surface area contributed by atoms with Crippen LogP contribution in [0.1, 0.15) is 16.1 Å². The van der Waals surface area contributed by atoms with Gasteiger partial charge in [-0.3, -0.25) is 9.59 Å². The molecule has 4 aromatic rings. The second-order valence-electron chi connectivity index (χ2n) is 5.51. The third kappa shape index (κ3) is 2.54. The molecule has 0 spiro atoms. The molecule has 0 saturated carbocycles. The summed E-state index contributed by atoms with van der Waals surface area (Å²) in [7, 11) is 0. The Kier molecular flexibility index (Phi) is 3.35. The van der Waals surface area contributed by atoms with Crippen molar-refractivity contribution in [2.45, 2.75) is 6.54 Å². The van der Waals surface area contributed by atoms with Crippen molar-refractivity contribution in [1.29, 1.82) is 0 Å². The molecule has 6 heteroatoms. The van der Waals surface area contributed by atoms with Crippen molar-refractivity contribution in [1.82, 2.24) is 20.3 Å². The summed E-state index contributed by atoms with van der Waals surface area (Å²) in [5, 5.41) is 3.85. The average Bonchev–Trinajstić information content (AvgIpc) is 3.06. The summed E-state index contributed by atoms with van der Waals surface area (Å²) in [6, 6.07) is 15.0. The first-order chi connectivity index (χ1) is 11.7. The predicted molar refractivity (Wildman–Crippen MR) is 91.8 cm³/mol. The first-order valence-corrected chi connectivity index (χ1v) is 7.54. The lowest BCUT2D eigenvalue weighted by atomic mass is 10.1. The lowest BCUT2D eigenvalue weighted by Crippen LogP contribution is -2.30. The van der Waals surface area contributed by atoms with Gasteiger partial charge in [0.15, 0.2) is 5.69 Å². The molecule has 2 aromatic carbocycles. The van der Waals surface area contributed by atoms with Crippen LogP contribution >= 0.6 is 0 Å². The number of carbonyl (C=O) groups is 1. The Morgan fingerprint density at radius 3 is 2.88 bits per heavy atom. The van der Waals surface area contributed by atoms with E-state index in [9.17, 15) is 9.59 Å². The minimum Gasteiger partial charge on any atom is -0.361 e. The van der Waals surface area contributed by atoms with Crippen LogP contribution in [-0.2, 0) is 6.54 Å². The number of carbonyl (C=O) groups excluding carboxylic acids is 1. The molecule has 0 saturated heterocycles. The van der Waals surface area contributed by atoms with Crippen LogP contribution in [0.4, 0.5) is 0 Å². The molecule has 6 nitrogen and oxygen atoms in total. The van der Waals surface area contributed by atoms with Crippen molar-refractivity contribution in [3.63, 3.8) is 0 Å². The van der Waals surface area contributed by atoms with Crippen LogP contribution in [-0.4, -0.2) is 20.9 Å². The zero-order valence-electron chi connectivity index (χ0n) is 12.7. The van der Waals surface area contributed by atoms with E-state index in [-0.39, 0.29) is 5.69 Å². The van der Waals surface area contributed by atoms with E-state index < -0.39 is 11.5 Å². The van der Waals surface area contributed by atoms with Crippen LogP contribution in [0.3, 0.4) is 0 Å². The smallest absolute Gasteiger partial charge is 0.280 e. The molecule has 2 heterocycles. The van der Waals surface area contributed by atoms with Crippen LogP contribution in [0.2, 0.25) is 0 Å². The molecule has 3 N–H and O–H groups in total. The SMILES string of the molecule is O=C(NCc1ccc2cc[nH]c2c1)c1nc2ccccc2[nH]c1=O. The average molecular weight is 318 g/mol. The lowest BCUT2D eigenvalue weighted by Gasteiger charge is -2.06. The van der Waals surface area contributed by atoms with Gasteiger partial charge in [0.2, 0.25) is 0 Å². The normalized spacial score (nSPS) is 11.0. The van der Waals surface area contributed by atoms with Crippen molar-refractivity contribution in [3.8, 4) is 0 Å². The molecule has 0 radical (unpaired) electrons. The molecule has 0 unspecified atom stereocenters. The van der Waals surface area contributed by atoms with E-state index in [4.69, 9.17) is 0 Å². The number of amides is 1. The third-order valence-corrected chi connectivity index (χ3v) is 3.89. The Bertz CT molecular complexity index is 1110. The number of benzene rings is 2. The molecule has 0 aliphatic heterocycles. The number of para-hydroxylation sites is 2. The molecule has 0 aliphatic carbocycles. The highest BCUT2D eigenvalue weighted by molar-refractivity contribution is 5.93. The van der Waals surface area contributed by atoms with Gasteiger partial charge >= 0.3 is 0 Å². The van der Waals surface area contributed by atoms with Gasteiger partial charge in [0.25, 0.3) is 11.5 Å². The van der Waals surface area contributed by atoms with E-state index in [0.717, 1.165) is 16.5 Å². The fourth-order valence-corrected chi connectivity index (χ4v) is 2.65. The maximum atomic E-state index is 12.3. The van der Waals surface area contributed by atoms with E-state index in [1.807, 2.05) is 30.5 Å². The topological polar surface area (TPSA) is 90.6 Å². The first-order valence-electron chi connectivity index (χ1n) is 7.54. The lowest BCUT2D eigenvalue weighted by molar-refractivity contribution is 0.0944. The van der Waals surface area contributed by atoms with Crippen LogP contribution in [0, 0.1) is 0 Å². The predicted octanol–water partition coefficient (Wildman–Crippen LogP) is 2.33. The Balaban J connectivity index is 1.57. The highest BCUT2D eigenvalue weighted by Crippen LogP contribution is 2.14. The van der Waals surface area contributed by atoms with Crippen molar-refractivity contribution in [2.75, 3.05) is 0 Å². The molecule has 0 aliphatic rings. The summed E-state index contributed by atoms with van der Waals surface area (Å²) in [5.74, 6) is -0.492. The Morgan fingerprint density at radius 1 is 1.08 bits per heavy atom.